The molecular weight excluding hydrogens is 150 g/mol. The van der Waals surface area contributed by atoms with Gasteiger partial charge < -0.3 is 5.32 Å². The van der Waals surface area contributed by atoms with Crippen LogP contribution in [0.1, 0.15) is 19.3 Å². The molecule has 0 aromatic heterocycles. The van der Waals surface area contributed by atoms with Crippen LogP contribution in [0, 0.1) is 0 Å². The predicted octanol–water partition coefficient (Wildman–Crippen LogP) is 0.291. The Balaban J connectivity index is 1.81. The summed E-state index contributed by atoms with van der Waals surface area (Å²) in [5.41, 5.74) is 0. The Bertz CT molecular complexity index is 143. The third-order valence-corrected chi connectivity index (χ3v) is 3.06. The summed E-state index contributed by atoms with van der Waals surface area (Å²) in [6, 6.07) is 0.727. The lowest BCUT2D eigenvalue weighted by Crippen LogP contribution is -2.40. The van der Waals surface area contributed by atoms with Crippen LogP contribution in [0.5, 0.6) is 0 Å². The molecule has 0 radical (unpaired) electrons. The average Bonchev–Trinajstić information content (AvgIpc) is 2.75. The summed E-state index contributed by atoms with van der Waals surface area (Å²) in [7, 11) is 2.07. The molecule has 2 rings (SSSR count). The van der Waals surface area contributed by atoms with Gasteiger partial charge in [0, 0.05) is 32.2 Å². The van der Waals surface area contributed by atoms with E-state index in [0.29, 0.717) is 0 Å². The van der Waals surface area contributed by atoms with Gasteiger partial charge in [-0.3, -0.25) is 0 Å². The second kappa shape index (κ2) is 3.73. The summed E-state index contributed by atoms with van der Waals surface area (Å²) in [6.45, 7) is 5.05. The molecule has 2 saturated heterocycles. The van der Waals surface area contributed by atoms with Crippen molar-refractivity contribution < 1.29 is 0 Å². The highest BCUT2D eigenvalue weighted by atomic mass is 15.6. The molecule has 0 saturated carbocycles. The van der Waals surface area contributed by atoms with Gasteiger partial charge in [-0.2, -0.15) is 0 Å². The maximum atomic E-state index is 3.35. The molecule has 0 bridgehead atoms. The van der Waals surface area contributed by atoms with Crippen molar-refractivity contribution in [2.45, 2.75) is 25.3 Å². The van der Waals surface area contributed by atoms with E-state index in [-0.39, 0.29) is 0 Å². The molecule has 1 unspecified atom stereocenters. The first-order chi connectivity index (χ1) is 5.90. The van der Waals surface area contributed by atoms with Gasteiger partial charge in [-0.05, 0) is 26.3 Å². The highest BCUT2D eigenvalue weighted by Gasteiger charge is 2.27. The van der Waals surface area contributed by atoms with Gasteiger partial charge in [-0.1, -0.05) is 0 Å². The number of hydrazine groups is 1. The highest BCUT2D eigenvalue weighted by molar-refractivity contribution is 4.79. The van der Waals surface area contributed by atoms with Gasteiger partial charge in [0.15, 0.2) is 0 Å². The number of likely N-dealkylation sites (N-methyl/N-ethyl adjacent to an activating group) is 1. The zero-order chi connectivity index (χ0) is 8.39. The summed E-state index contributed by atoms with van der Waals surface area (Å²) in [5, 5.41) is 8.40. The monoisotopic (exact) mass is 169 g/mol. The van der Waals surface area contributed by atoms with Crippen molar-refractivity contribution in [2.24, 2.45) is 0 Å². The van der Waals surface area contributed by atoms with Gasteiger partial charge in [-0.15, -0.1) is 0 Å². The Morgan fingerprint density at radius 3 is 2.42 bits per heavy atom. The van der Waals surface area contributed by atoms with E-state index in [4.69, 9.17) is 0 Å². The molecule has 12 heavy (non-hydrogen) atoms. The summed E-state index contributed by atoms with van der Waals surface area (Å²) < 4.78 is 0. The third kappa shape index (κ3) is 1.63. The van der Waals surface area contributed by atoms with Gasteiger partial charge in [0.05, 0.1) is 0 Å². The van der Waals surface area contributed by atoms with Crippen LogP contribution >= 0.6 is 0 Å². The molecule has 0 aliphatic carbocycles. The molecule has 3 nitrogen and oxygen atoms in total. The molecule has 3 heteroatoms. The zero-order valence-electron chi connectivity index (χ0n) is 7.92. The molecule has 0 amide bonds. The Hall–Kier alpha value is -0.120. The Morgan fingerprint density at radius 1 is 1.08 bits per heavy atom. The van der Waals surface area contributed by atoms with E-state index in [9.17, 15) is 0 Å². The minimum atomic E-state index is 0.727. The van der Waals surface area contributed by atoms with Crippen molar-refractivity contribution in [1.82, 2.24) is 15.3 Å². The van der Waals surface area contributed by atoms with E-state index >= 15 is 0 Å². The molecule has 0 aromatic carbocycles. The number of nitrogens with zero attached hydrogens (tertiary/aromatic N) is 2. The van der Waals surface area contributed by atoms with Gasteiger partial charge in [0.1, 0.15) is 0 Å². The summed E-state index contributed by atoms with van der Waals surface area (Å²) in [4.78, 5) is 0. The fraction of sp³-hybridized carbons (Fsp3) is 1.00. The van der Waals surface area contributed by atoms with Crippen LogP contribution in [0.25, 0.3) is 0 Å². The van der Waals surface area contributed by atoms with Crippen molar-refractivity contribution in [1.29, 1.82) is 0 Å². The minimum absolute atomic E-state index is 0.727. The number of hydrogen-bond acceptors (Lipinski definition) is 3. The molecule has 2 heterocycles. The van der Waals surface area contributed by atoms with E-state index in [0.717, 1.165) is 6.04 Å². The maximum absolute atomic E-state index is 3.35. The van der Waals surface area contributed by atoms with E-state index < -0.39 is 0 Å². The van der Waals surface area contributed by atoms with E-state index in [2.05, 4.69) is 22.4 Å². The van der Waals surface area contributed by atoms with Crippen LogP contribution in [0.4, 0.5) is 0 Å². The minimum Gasteiger partial charge on any atom is -0.316 e. The van der Waals surface area contributed by atoms with Crippen molar-refractivity contribution in [3.8, 4) is 0 Å². The predicted molar refractivity (Wildman–Crippen MR) is 49.8 cm³/mol. The quantitative estimate of drug-likeness (QED) is 0.641. The lowest BCUT2D eigenvalue weighted by atomic mass is 10.3. The van der Waals surface area contributed by atoms with Crippen molar-refractivity contribution in [3.63, 3.8) is 0 Å². The average molecular weight is 169 g/mol. The van der Waals surface area contributed by atoms with Crippen LogP contribution in [0.15, 0.2) is 0 Å². The second-order valence-corrected chi connectivity index (χ2v) is 3.85. The van der Waals surface area contributed by atoms with Crippen LogP contribution in [0.2, 0.25) is 0 Å². The topological polar surface area (TPSA) is 18.5 Å². The van der Waals surface area contributed by atoms with Crippen LogP contribution in [-0.4, -0.2) is 49.3 Å². The molecule has 0 aromatic rings. The first-order valence-corrected chi connectivity index (χ1v) is 5.07. The van der Waals surface area contributed by atoms with Crippen LogP contribution in [-0.2, 0) is 0 Å². The van der Waals surface area contributed by atoms with Crippen LogP contribution in [0.3, 0.4) is 0 Å². The van der Waals surface area contributed by atoms with Gasteiger partial charge in [0.25, 0.3) is 0 Å². The van der Waals surface area contributed by atoms with E-state index in [1.54, 1.807) is 0 Å². The molecule has 70 valence electrons. The number of hydrogen-bond donors (Lipinski definition) is 1. The standard InChI is InChI=1S/C9H19N3/c1-10-9-4-7-12(8-9)11-5-2-3-6-11/h9-10H,2-8H2,1H3. The molecule has 0 spiro atoms. The Morgan fingerprint density at radius 2 is 1.83 bits per heavy atom. The van der Waals surface area contributed by atoms with E-state index in [1.807, 2.05) is 0 Å². The highest BCUT2D eigenvalue weighted by Crippen LogP contribution is 2.16. The Labute approximate surface area is 74.7 Å². The summed E-state index contributed by atoms with van der Waals surface area (Å²) in [6.07, 6.45) is 4.09. The van der Waals surface area contributed by atoms with Crippen LogP contribution < -0.4 is 5.32 Å². The zero-order valence-corrected chi connectivity index (χ0v) is 7.92. The fourth-order valence-electron chi connectivity index (χ4n) is 2.22. The first-order valence-electron chi connectivity index (χ1n) is 5.07. The van der Waals surface area contributed by atoms with Gasteiger partial charge in [-0.25, -0.2) is 10.0 Å². The fourth-order valence-corrected chi connectivity index (χ4v) is 2.22. The lowest BCUT2D eigenvalue weighted by molar-refractivity contribution is 0.0199. The molecular formula is C9H19N3. The van der Waals surface area contributed by atoms with Gasteiger partial charge >= 0.3 is 0 Å². The van der Waals surface area contributed by atoms with Crippen molar-refractivity contribution in [2.75, 3.05) is 33.2 Å². The van der Waals surface area contributed by atoms with Crippen molar-refractivity contribution >= 4 is 0 Å². The first kappa shape index (κ1) is 8.48. The largest absolute Gasteiger partial charge is 0.316 e. The Kier molecular flexibility index (Phi) is 2.63. The lowest BCUT2D eigenvalue weighted by Gasteiger charge is -2.27. The third-order valence-electron chi connectivity index (χ3n) is 3.06. The van der Waals surface area contributed by atoms with Crippen molar-refractivity contribution in [3.05, 3.63) is 0 Å². The smallest absolute Gasteiger partial charge is 0.0287 e. The molecule has 2 fully saturated rings. The molecule has 2 aliphatic rings. The molecule has 1 atom stereocenters. The second-order valence-electron chi connectivity index (χ2n) is 3.85. The summed E-state index contributed by atoms with van der Waals surface area (Å²) >= 11 is 0. The van der Waals surface area contributed by atoms with Gasteiger partial charge in [0.2, 0.25) is 0 Å². The molecule has 1 N–H and O–H groups in total. The SMILES string of the molecule is CNC1CCN(N2CCCC2)C1. The number of rotatable bonds is 2. The summed E-state index contributed by atoms with van der Waals surface area (Å²) in [5.74, 6) is 0. The number of nitrogens with one attached hydrogen (secondary N) is 1. The van der Waals surface area contributed by atoms with E-state index in [1.165, 1.54) is 45.4 Å². The normalized spacial score (nSPS) is 33.2. The maximum Gasteiger partial charge on any atom is 0.0287 e. The molecule has 2 aliphatic heterocycles.